The molecule has 0 saturated heterocycles. The first-order valence-electron chi connectivity index (χ1n) is 13.1. The van der Waals surface area contributed by atoms with Gasteiger partial charge in [0, 0.05) is 51.5 Å². The molecule has 0 unspecified atom stereocenters. The Morgan fingerprint density at radius 1 is 0.469 bits per heavy atom. The van der Waals surface area contributed by atoms with Gasteiger partial charge in [0.05, 0.1) is 12.2 Å². The number of rotatable bonds is 19. The summed E-state index contributed by atoms with van der Waals surface area (Å²) in [5.74, 6) is 0.527. The lowest BCUT2D eigenvalue weighted by atomic mass is 9.88. The van der Waals surface area contributed by atoms with E-state index in [1.54, 1.807) is 0 Å². The number of hydrogen-bond donors (Lipinski definition) is 0. The first kappa shape index (κ1) is 27.4. The minimum atomic E-state index is 0.263. The standard InChI is InChI=1S/C26H46O6/c27-21-23-7-11-25(12-8-23)31-19-5-3-17-29-15-1-2-16-30-18-4-6-20-32-26-13-9-24(22-28)10-14-26/h21-26H,1-20H2. The van der Waals surface area contributed by atoms with Crippen molar-refractivity contribution >= 4 is 12.6 Å². The van der Waals surface area contributed by atoms with Gasteiger partial charge in [-0.05, 0) is 89.9 Å². The summed E-state index contributed by atoms with van der Waals surface area (Å²) in [6, 6.07) is 0. The van der Waals surface area contributed by atoms with E-state index in [4.69, 9.17) is 18.9 Å². The van der Waals surface area contributed by atoms with E-state index >= 15 is 0 Å². The molecular weight excluding hydrogens is 408 g/mol. The molecule has 0 N–H and O–H groups in total. The molecule has 0 atom stereocenters. The van der Waals surface area contributed by atoms with Gasteiger partial charge in [0.25, 0.3) is 0 Å². The van der Waals surface area contributed by atoms with Crippen LogP contribution >= 0.6 is 0 Å². The van der Waals surface area contributed by atoms with Crippen molar-refractivity contribution in [1.29, 1.82) is 0 Å². The molecule has 6 nitrogen and oxygen atoms in total. The SMILES string of the molecule is O=CC1CCC(OCCCCOCCCCOCCCCOC2CCC(C=O)CC2)CC1. The largest absolute Gasteiger partial charge is 0.381 e. The summed E-state index contributed by atoms with van der Waals surface area (Å²) < 4.78 is 23.2. The Bertz CT molecular complexity index is 413. The highest BCUT2D eigenvalue weighted by Crippen LogP contribution is 2.25. The van der Waals surface area contributed by atoms with Crippen molar-refractivity contribution in [3.63, 3.8) is 0 Å². The van der Waals surface area contributed by atoms with Gasteiger partial charge in [-0.25, -0.2) is 0 Å². The highest BCUT2D eigenvalue weighted by atomic mass is 16.5. The Balaban J connectivity index is 1.23. The third-order valence-electron chi connectivity index (χ3n) is 6.72. The van der Waals surface area contributed by atoms with Gasteiger partial charge < -0.3 is 28.5 Å². The van der Waals surface area contributed by atoms with Crippen molar-refractivity contribution in [2.45, 2.75) is 102 Å². The summed E-state index contributed by atoms with van der Waals surface area (Å²) in [5, 5.41) is 0. The topological polar surface area (TPSA) is 71.1 Å². The minimum Gasteiger partial charge on any atom is -0.381 e. The number of carbonyl (C=O) groups is 2. The Labute approximate surface area is 195 Å². The normalized spacial score (nSPS) is 26.1. The fourth-order valence-electron chi connectivity index (χ4n) is 4.51. The molecule has 2 aliphatic rings. The first-order chi connectivity index (χ1) is 15.8. The number of ether oxygens (including phenoxy) is 4. The van der Waals surface area contributed by atoms with Gasteiger partial charge in [0.1, 0.15) is 12.6 Å². The average Bonchev–Trinajstić information content (AvgIpc) is 2.84. The Kier molecular flexibility index (Phi) is 15.9. The van der Waals surface area contributed by atoms with Crippen LogP contribution in [-0.2, 0) is 28.5 Å². The van der Waals surface area contributed by atoms with Crippen LogP contribution in [0.1, 0.15) is 89.9 Å². The quantitative estimate of drug-likeness (QED) is 0.204. The van der Waals surface area contributed by atoms with E-state index in [1.807, 2.05) is 0 Å². The van der Waals surface area contributed by atoms with Gasteiger partial charge in [-0.1, -0.05) is 0 Å². The van der Waals surface area contributed by atoms with Gasteiger partial charge in [-0.2, -0.15) is 0 Å². The van der Waals surface area contributed by atoms with Crippen LogP contribution in [0.5, 0.6) is 0 Å². The fraction of sp³-hybridized carbons (Fsp3) is 0.923. The van der Waals surface area contributed by atoms with Crippen LogP contribution in [0.3, 0.4) is 0 Å². The van der Waals surface area contributed by atoms with Crippen LogP contribution in [0, 0.1) is 11.8 Å². The maximum atomic E-state index is 10.8. The third-order valence-corrected chi connectivity index (χ3v) is 6.72. The minimum absolute atomic E-state index is 0.263. The van der Waals surface area contributed by atoms with Crippen LogP contribution in [0.15, 0.2) is 0 Å². The first-order valence-corrected chi connectivity index (χ1v) is 13.1. The summed E-state index contributed by atoms with van der Waals surface area (Å²) >= 11 is 0. The third kappa shape index (κ3) is 13.0. The van der Waals surface area contributed by atoms with E-state index in [2.05, 4.69) is 0 Å². The van der Waals surface area contributed by atoms with E-state index in [0.29, 0.717) is 12.2 Å². The summed E-state index contributed by atoms with van der Waals surface area (Å²) in [4.78, 5) is 21.5. The number of aldehydes is 2. The van der Waals surface area contributed by atoms with E-state index in [-0.39, 0.29) is 11.8 Å². The number of hydrogen-bond acceptors (Lipinski definition) is 6. The zero-order valence-electron chi connectivity index (χ0n) is 20.1. The number of unbranched alkanes of at least 4 members (excludes halogenated alkanes) is 3. The molecule has 0 radical (unpaired) electrons. The van der Waals surface area contributed by atoms with E-state index in [0.717, 1.165) is 142 Å². The maximum absolute atomic E-state index is 10.8. The molecule has 186 valence electrons. The molecule has 32 heavy (non-hydrogen) atoms. The van der Waals surface area contributed by atoms with Crippen LogP contribution in [0.2, 0.25) is 0 Å². The zero-order valence-corrected chi connectivity index (χ0v) is 20.1. The predicted octanol–water partition coefficient (Wildman–Crippen LogP) is 4.91. The van der Waals surface area contributed by atoms with Gasteiger partial charge in [-0.3, -0.25) is 0 Å². The predicted molar refractivity (Wildman–Crippen MR) is 125 cm³/mol. The van der Waals surface area contributed by atoms with Crippen molar-refractivity contribution in [2.24, 2.45) is 11.8 Å². The molecule has 6 heteroatoms. The van der Waals surface area contributed by atoms with Gasteiger partial charge >= 0.3 is 0 Å². The van der Waals surface area contributed by atoms with Gasteiger partial charge in [0.15, 0.2) is 0 Å². The molecule has 0 amide bonds. The summed E-state index contributed by atoms with van der Waals surface area (Å²) in [5.41, 5.74) is 0. The van der Waals surface area contributed by atoms with Crippen molar-refractivity contribution in [2.75, 3.05) is 39.6 Å². The maximum Gasteiger partial charge on any atom is 0.123 e. The lowest BCUT2D eigenvalue weighted by Crippen LogP contribution is -2.22. The van der Waals surface area contributed by atoms with Crippen molar-refractivity contribution in [1.82, 2.24) is 0 Å². The molecule has 0 bridgehead atoms. The Hall–Kier alpha value is -0.820. The molecule has 2 fully saturated rings. The average molecular weight is 455 g/mol. The molecule has 0 aliphatic heterocycles. The lowest BCUT2D eigenvalue weighted by Gasteiger charge is -2.25. The van der Waals surface area contributed by atoms with Crippen LogP contribution in [0.4, 0.5) is 0 Å². The smallest absolute Gasteiger partial charge is 0.123 e. The fourth-order valence-corrected chi connectivity index (χ4v) is 4.51. The molecule has 2 rings (SSSR count). The number of carbonyl (C=O) groups excluding carboxylic acids is 2. The molecule has 0 aromatic carbocycles. The molecule has 2 aliphatic carbocycles. The molecule has 0 aromatic rings. The van der Waals surface area contributed by atoms with Crippen molar-refractivity contribution < 1.29 is 28.5 Å². The second kappa shape index (κ2) is 18.6. The highest BCUT2D eigenvalue weighted by molar-refractivity contribution is 5.53. The molecule has 0 heterocycles. The molecule has 0 aromatic heterocycles. The van der Waals surface area contributed by atoms with Crippen LogP contribution in [0.25, 0.3) is 0 Å². The van der Waals surface area contributed by atoms with E-state index < -0.39 is 0 Å². The van der Waals surface area contributed by atoms with Crippen molar-refractivity contribution in [3.8, 4) is 0 Å². The van der Waals surface area contributed by atoms with Gasteiger partial charge in [-0.15, -0.1) is 0 Å². The zero-order chi connectivity index (χ0) is 22.7. The second-order valence-electron chi connectivity index (χ2n) is 9.43. The van der Waals surface area contributed by atoms with E-state index in [1.165, 1.54) is 0 Å². The molecule has 2 saturated carbocycles. The Morgan fingerprint density at radius 3 is 1.09 bits per heavy atom. The highest BCUT2D eigenvalue weighted by Gasteiger charge is 2.21. The lowest BCUT2D eigenvalue weighted by molar-refractivity contribution is -0.113. The van der Waals surface area contributed by atoms with Crippen LogP contribution < -0.4 is 0 Å². The molecule has 0 spiro atoms. The summed E-state index contributed by atoms with van der Waals surface area (Å²) in [6.45, 7) is 4.83. The van der Waals surface area contributed by atoms with Crippen LogP contribution in [-0.4, -0.2) is 64.4 Å². The Morgan fingerprint density at radius 2 is 0.781 bits per heavy atom. The summed E-state index contributed by atoms with van der Waals surface area (Å²) in [7, 11) is 0. The monoisotopic (exact) mass is 454 g/mol. The van der Waals surface area contributed by atoms with E-state index in [9.17, 15) is 9.59 Å². The van der Waals surface area contributed by atoms with Crippen molar-refractivity contribution in [3.05, 3.63) is 0 Å². The molecular formula is C26H46O6. The summed E-state index contributed by atoms with van der Waals surface area (Å²) in [6.07, 6.45) is 17.2. The second-order valence-corrected chi connectivity index (χ2v) is 9.43. The van der Waals surface area contributed by atoms with Gasteiger partial charge in [0.2, 0.25) is 0 Å².